The van der Waals surface area contributed by atoms with Gasteiger partial charge in [0.1, 0.15) is 0 Å². The van der Waals surface area contributed by atoms with E-state index in [1.807, 2.05) is 19.1 Å². The van der Waals surface area contributed by atoms with Gasteiger partial charge in [0, 0.05) is 11.7 Å². The van der Waals surface area contributed by atoms with Crippen molar-refractivity contribution >= 4 is 15.7 Å². The lowest BCUT2D eigenvalue weighted by Gasteiger charge is -2.14. The van der Waals surface area contributed by atoms with E-state index in [4.69, 9.17) is 5.73 Å². The highest BCUT2D eigenvalue weighted by atomic mass is 32.2. The van der Waals surface area contributed by atoms with Crippen molar-refractivity contribution in [3.05, 3.63) is 29.8 Å². The largest absolute Gasteiger partial charge is 0.399 e. The minimum absolute atomic E-state index is 0.209. The zero-order chi connectivity index (χ0) is 12.5. The van der Waals surface area contributed by atoms with Gasteiger partial charge >= 0.3 is 0 Å². The molecule has 0 saturated heterocycles. The van der Waals surface area contributed by atoms with E-state index in [9.17, 15) is 8.42 Å². The maximum Gasteiger partial charge on any atom is 0.212 e. The fraction of sp³-hybridized carbons (Fsp3) is 0.500. The van der Waals surface area contributed by atoms with E-state index >= 15 is 0 Å². The van der Waals surface area contributed by atoms with Gasteiger partial charge in [-0.3, -0.25) is 0 Å². The Morgan fingerprint density at radius 2 is 1.94 bits per heavy atom. The van der Waals surface area contributed by atoms with Gasteiger partial charge in [-0.2, -0.15) is 0 Å². The van der Waals surface area contributed by atoms with Gasteiger partial charge in [0.05, 0.1) is 5.75 Å². The van der Waals surface area contributed by atoms with Crippen molar-refractivity contribution in [1.82, 2.24) is 4.72 Å². The summed E-state index contributed by atoms with van der Waals surface area (Å²) in [5, 5.41) is 0. The fourth-order valence-electron chi connectivity index (χ4n) is 1.76. The van der Waals surface area contributed by atoms with Crippen molar-refractivity contribution in [3.8, 4) is 0 Å². The summed E-state index contributed by atoms with van der Waals surface area (Å²) in [6.07, 6.45) is 2.08. The number of nitrogen functional groups attached to an aromatic ring is 1. The summed E-state index contributed by atoms with van der Waals surface area (Å²) in [5.41, 5.74) is 7.20. The van der Waals surface area contributed by atoms with Crippen LogP contribution < -0.4 is 10.5 Å². The number of anilines is 1. The maximum atomic E-state index is 11.8. The molecule has 17 heavy (non-hydrogen) atoms. The molecule has 1 fully saturated rings. The van der Waals surface area contributed by atoms with Gasteiger partial charge in [0.25, 0.3) is 0 Å². The lowest BCUT2D eigenvalue weighted by molar-refractivity contribution is 0.563. The number of nitrogens with two attached hydrogens (primary N) is 1. The summed E-state index contributed by atoms with van der Waals surface area (Å²) in [7, 11) is -3.16. The molecular weight excluding hydrogens is 236 g/mol. The molecule has 0 bridgehead atoms. The van der Waals surface area contributed by atoms with Crippen molar-refractivity contribution in [3.63, 3.8) is 0 Å². The van der Waals surface area contributed by atoms with Gasteiger partial charge in [-0.1, -0.05) is 12.1 Å². The van der Waals surface area contributed by atoms with E-state index in [0.717, 1.165) is 18.4 Å². The van der Waals surface area contributed by atoms with E-state index in [2.05, 4.69) is 4.72 Å². The van der Waals surface area contributed by atoms with Gasteiger partial charge in [-0.25, -0.2) is 13.1 Å². The highest BCUT2D eigenvalue weighted by Crippen LogP contribution is 2.30. The van der Waals surface area contributed by atoms with E-state index in [-0.39, 0.29) is 11.8 Å². The molecule has 1 aliphatic rings. The van der Waals surface area contributed by atoms with Crippen LogP contribution in [0.3, 0.4) is 0 Å². The molecule has 0 radical (unpaired) electrons. The Kier molecular flexibility index (Phi) is 3.40. The van der Waals surface area contributed by atoms with Crippen LogP contribution in [0.4, 0.5) is 5.69 Å². The van der Waals surface area contributed by atoms with Crippen LogP contribution >= 0.6 is 0 Å². The molecule has 0 aromatic heterocycles. The molecule has 1 atom stereocenters. The van der Waals surface area contributed by atoms with Crippen LogP contribution in [0.2, 0.25) is 0 Å². The second-order valence-corrected chi connectivity index (χ2v) is 6.53. The van der Waals surface area contributed by atoms with E-state index < -0.39 is 10.0 Å². The van der Waals surface area contributed by atoms with Crippen LogP contribution in [-0.4, -0.2) is 14.2 Å². The number of rotatable bonds is 5. The first-order chi connectivity index (χ1) is 7.96. The molecule has 2 rings (SSSR count). The second-order valence-electron chi connectivity index (χ2n) is 4.73. The zero-order valence-electron chi connectivity index (χ0n) is 9.89. The van der Waals surface area contributed by atoms with Gasteiger partial charge < -0.3 is 5.73 Å². The minimum atomic E-state index is -3.16. The maximum absolute atomic E-state index is 11.8. The Bertz CT molecular complexity index is 478. The molecule has 3 N–H and O–H groups in total. The summed E-state index contributed by atoms with van der Waals surface area (Å²) in [4.78, 5) is 0. The number of hydrogen-bond donors (Lipinski definition) is 2. The quantitative estimate of drug-likeness (QED) is 0.785. The number of hydrogen-bond acceptors (Lipinski definition) is 3. The molecule has 1 aromatic carbocycles. The molecule has 94 valence electrons. The molecule has 0 amide bonds. The molecule has 0 heterocycles. The van der Waals surface area contributed by atoms with Crippen LogP contribution in [0.25, 0.3) is 0 Å². The smallest absolute Gasteiger partial charge is 0.212 e. The van der Waals surface area contributed by atoms with Crippen molar-refractivity contribution in [2.24, 2.45) is 5.92 Å². The Hall–Kier alpha value is -1.07. The summed E-state index contributed by atoms with van der Waals surface area (Å²) in [5.74, 6) is 0.623. The van der Waals surface area contributed by atoms with Gasteiger partial charge in [-0.05, 0) is 43.4 Å². The predicted molar refractivity (Wildman–Crippen MR) is 68.9 cm³/mol. The number of sulfonamides is 1. The number of benzene rings is 1. The first kappa shape index (κ1) is 12.4. The van der Waals surface area contributed by atoms with Gasteiger partial charge in [0.15, 0.2) is 0 Å². The Morgan fingerprint density at radius 1 is 1.35 bits per heavy atom. The Balaban J connectivity index is 2.00. The average molecular weight is 254 g/mol. The topological polar surface area (TPSA) is 72.2 Å². The fourth-order valence-corrected chi connectivity index (χ4v) is 3.49. The second kappa shape index (κ2) is 4.66. The normalized spacial score (nSPS) is 17.9. The summed E-state index contributed by atoms with van der Waals surface area (Å²) < 4.78 is 26.3. The van der Waals surface area contributed by atoms with Gasteiger partial charge in [-0.15, -0.1) is 0 Å². The average Bonchev–Trinajstić information content (AvgIpc) is 3.00. The summed E-state index contributed by atoms with van der Waals surface area (Å²) in [6, 6.07) is 7.04. The van der Waals surface area contributed by atoms with Crippen LogP contribution in [0.1, 0.15) is 31.4 Å². The highest BCUT2D eigenvalue weighted by Gasteiger charge is 2.28. The highest BCUT2D eigenvalue weighted by molar-refractivity contribution is 7.89. The van der Waals surface area contributed by atoms with Crippen LogP contribution in [0, 0.1) is 5.92 Å². The monoisotopic (exact) mass is 254 g/mol. The van der Waals surface area contributed by atoms with Crippen LogP contribution in [-0.2, 0) is 10.0 Å². The van der Waals surface area contributed by atoms with Crippen molar-refractivity contribution in [1.29, 1.82) is 0 Å². The molecule has 1 unspecified atom stereocenters. The minimum Gasteiger partial charge on any atom is -0.399 e. The standard InChI is InChI=1S/C12H18N2O2S/c1-9(11-4-6-12(13)7-5-11)14-17(15,16)8-10-2-3-10/h4-7,9-10,14H,2-3,8,13H2,1H3. The van der Waals surface area contributed by atoms with Crippen molar-refractivity contribution in [2.45, 2.75) is 25.8 Å². The molecule has 0 spiro atoms. The predicted octanol–water partition coefficient (Wildman–Crippen LogP) is 1.66. The third kappa shape index (κ3) is 3.71. The van der Waals surface area contributed by atoms with Crippen LogP contribution in [0.5, 0.6) is 0 Å². The van der Waals surface area contributed by atoms with E-state index in [0.29, 0.717) is 11.6 Å². The SMILES string of the molecule is CC(NS(=O)(=O)CC1CC1)c1ccc(N)cc1. The molecule has 1 aromatic rings. The lowest BCUT2D eigenvalue weighted by Crippen LogP contribution is -2.29. The summed E-state index contributed by atoms with van der Waals surface area (Å²) in [6.45, 7) is 1.84. The van der Waals surface area contributed by atoms with E-state index in [1.54, 1.807) is 12.1 Å². The molecule has 5 heteroatoms. The molecule has 1 saturated carbocycles. The third-order valence-corrected chi connectivity index (χ3v) is 4.57. The van der Waals surface area contributed by atoms with E-state index in [1.165, 1.54) is 0 Å². The first-order valence-electron chi connectivity index (χ1n) is 5.82. The summed E-state index contributed by atoms with van der Waals surface area (Å²) >= 11 is 0. The molecule has 4 nitrogen and oxygen atoms in total. The third-order valence-electron chi connectivity index (χ3n) is 2.94. The van der Waals surface area contributed by atoms with Gasteiger partial charge in [0.2, 0.25) is 10.0 Å². The van der Waals surface area contributed by atoms with Crippen LogP contribution in [0.15, 0.2) is 24.3 Å². The molecular formula is C12H18N2O2S. The number of nitrogens with one attached hydrogen (secondary N) is 1. The van der Waals surface area contributed by atoms with Crippen molar-refractivity contribution in [2.75, 3.05) is 11.5 Å². The lowest BCUT2D eigenvalue weighted by atomic mass is 10.1. The molecule has 0 aliphatic heterocycles. The van der Waals surface area contributed by atoms with Crippen molar-refractivity contribution < 1.29 is 8.42 Å². The Morgan fingerprint density at radius 3 is 2.47 bits per heavy atom. The zero-order valence-corrected chi connectivity index (χ0v) is 10.7. The first-order valence-corrected chi connectivity index (χ1v) is 7.47. The Labute approximate surface area is 102 Å². The molecule has 1 aliphatic carbocycles.